The lowest BCUT2D eigenvalue weighted by molar-refractivity contribution is 0.616. The minimum Gasteiger partial charge on any atom is -0.313 e. The Morgan fingerprint density at radius 2 is 2.10 bits per heavy atom. The normalized spacial score (nSPS) is 11.2. The first kappa shape index (κ1) is 14.7. The van der Waals surface area contributed by atoms with Crippen molar-refractivity contribution in [2.45, 2.75) is 39.7 Å². The van der Waals surface area contributed by atoms with Gasteiger partial charge in [0.15, 0.2) is 0 Å². The standard InChI is InChI=1S/C16H22FN3/c1-4-6-18-11-13-8-14(17)10-15(9-13)20-7-5-16(19-20)12(2)3/h5,7-10,12,18H,4,6,11H2,1-3H3. The van der Waals surface area contributed by atoms with E-state index >= 15 is 0 Å². The second-order valence-electron chi connectivity index (χ2n) is 5.33. The number of nitrogens with zero attached hydrogens (tertiary/aromatic N) is 2. The van der Waals surface area contributed by atoms with E-state index in [1.54, 1.807) is 10.7 Å². The number of halogens is 1. The monoisotopic (exact) mass is 275 g/mol. The lowest BCUT2D eigenvalue weighted by Gasteiger charge is -2.08. The fraction of sp³-hybridized carbons (Fsp3) is 0.438. The smallest absolute Gasteiger partial charge is 0.125 e. The van der Waals surface area contributed by atoms with Crippen molar-refractivity contribution in [3.8, 4) is 5.69 Å². The van der Waals surface area contributed by atoms with E-state index in [1.165, 1.54) is 6.07 Å². The Morgan fingerprint density at radius 1 is 1.30 bits per heavy atom. The molecule has 2 aromatic rings. The maximum atomic E-state index is 13.7. The molecule has 4 heteroatoms. The van der Waals surface area contributed by atoms with E-state index in [9.17, 15) is 4.39 Å². The quantitative estimate of drug-likeness (QED) is 0.816. The van der Waals surface area contributed by atoms with E-state index in [1.807, 2.05) is 18.3 Å². The van der Waals surface area contributed by atoms with Crippen molar-refractivity contribution < 1.29 is 4.39 Å². The van der Waals surface area contributed by atoms with Gasteiger partial charge in [-0.25, -0.2) is 9.07 Å². The van der Waals surface area contributed by atoms with Gasteiger partial charge < -0.3 is 5.32 Å². The topological polar surface area (TPSA) is 29.9 Å². The molecule has 1 aromatic heterocycles. The van der Waals surface area contributed by atoms with Gasteiger partial charge in [-0.2, -0.15) is 5.10 Å². The fourth-order valence-electron chi connectivity index (χ4n) is 2.07. The predicted molar refractivity (Wildman–Crippen MR) is 79.6 cm³/mol. The first-order valence-electron chi connectivity index (χ1n) is 7.16. The Kier molecular flexibility index (Phi) is 4.90. The maximum Gasteiger partial charge on any atom is 0.125 e. The number of benzene rings is 1. The van der Waals surface area contributed by atoms with E-state index in [4.69, 9.17) is 0 Å². The Balaban J connectivity index is 2.21. The van der Waals surface area contributed by atoms with Crippen LogP contribution in [0, 0.1) is 5.82 Å². The van der Waals surface area contributed by atoms with Crippen LogP contribution in [0.2, 0.25) is 0 Å². The van der Waals surface area contributed by atoms with Gasteiger partial charge >= 0.3 is 0 Å². The van der Waals surface area contributed by atoms with E-state index in [0.29, 0.717) is 12.5 Å². The number of hydrogen-bond acceptors (Lipinski definition) is 2. The molecule has 0 bridgehead atoms. The molecule has 0 spiro atoms. The van der Waals surface area contributed by atoms with Crippen LogP contribution in [0.15, 0.2) is 30.5 Å². The van der Waals surface area contributed by atoms with Gasteiger partial charge in [-0.3, -0.25) is 0 Å². The molecule has 0 aliphatic heterocycles. The molecular formula is C16H22FN3. The average molecular weight is 275 g/mol. The van der Waals surface area contributed by atoms with Crippen LogP contribution >= 0.6 is 0 Å². The first-order chi connectivity index (χ1) is 9.60. The molecule has 0 aliphatic rings. The highest BCUT2D eigenvalue weighted by Gasteiger charge is 2.07. The molecule has 1 N–H and O–H groups in total. The zero-order valence-electron chi connectivity index (χ0n) is 12.4. The lowest BCUT2D eigenvalue weighted by atomic mass is 10.1. The van der Waals surface area contributed by atoms with Gasteiger partial charge in [0.2, 0.25) is 0 Å². The largest absolute Gasteiger partial charge is 0.313 e. The highest BCUT2D eigenvalue weighted by Crippen LogP contribution is 2.16. The summed E-state index contributed by atoms with van der Waals surface area (Å²) in [5, 5.41) is 7.77. The molecule has 20 heavy (non-hydrogen) atoms. The van der Waals surface area contributed by atoms with Crippen molar-refractivity contribution in [2.75, 3.05) is 6.54 Å². The Bertz CT molecular complexity index is 561. The average Bonchev–Trinajstić information content (AvgIpc) is 2.88. The summed E-state index contributed by atoms with van der Waals surface area (Å²) in [5.74, 6) is 0.146. The van der Waals surface area contributed by atoms with E-state index < -0.39 is 0 Å². The van der Waals surface area contributed by atoms with Gasteiger partial charge in [-0.1, -0.05) is 20.8 Å². The third-order valence-corrected chi connectivity index (χ3v) is 3.16. The molecule has 0 amide bonds. The summed E-state index contributed by atoms with van der Waals surface area (Å²) in [5.41, 5.74) is 2.72. The molecule has 0 fully saturated rings. The molecule has 3 nitrogen and oxygen atoms in total. The summed E-state index contributed by atoms with van der Waals surface area (Å²) in [6, 6.07) is 7.03. The highest BCUT2D eigenvalue weighted by molar-refractivity contribution is 5.36. The number of aromatic nitrogens is 2. The summed E-state index contributed by atoms with van der Waals surface area (Å²) >= 11 is 0. The molecule has 2 rings (SSSR count). The molecule has 1 heterocycles. The van der Waals surface area contributed by atoms with Crippen LogP contribution in [0.1, 0.15) is 44.4 Å². The second kappa shape index (κ2) is 6.66. The summed E-state index contributed by atoms with van der Waals surface area (Å²) in [7, 11) is 0. The molecule has 1 aromatic carbocycles. The summed E-state index contributed by atoms with van der Waals surface area (Å²) in [6.45, 7) is 7.92. The van der Waals surface area contributed by atoms with Crippen LogP contribution in [0.3, 0.4) is 0 Å². The minimum atomic E-state index is -0.225. The van der Waals surface area contributed by atoms with Crippen molar-refractivity contribution in [3.63, 3.8) is 0 Å². The maximum absolute atomic E-state index is 13.7. The van der Waals surface area contributed by atoms with Crippen LogP contribution in [0.25, 0.3) is 5.69 Å². The van der Waals surface area contributed by atoms with Crippen molar-refractivity contribution in [2.24, 2.45) is 0 Å². The predicted octanol–water partition coefficient (Wildman–Crippen LogP) is 3.63. The van der Waals surface area contributed by atoms with Gasteiger partial charge in [0.05, 0.1) is 11.4 Å². The Morgan fingerprint density at radius 3 is 2.75 bits per heavy atom. The molecule has 0 saturated carbocycles. The summed E-state index contributed by atoms with van der Waals surface area (Å²) in [4.78, 5) is 0. The van der Waals surface area contributed by atoms with Crippen LogP contribution in [0.4, 0.5) is 4.39 Å². The van der Waals surface area contributed by atoms with Crippen molar-refractivity contribution >= 4 is 0 Å². The van der Waals surface area contributed by atoms with E-state index in [0.717, 1.165) is 29.9 Å². The second-order valence-corrected chi connectivity index (χ2v) is 5.33. The SMILES string of the molecule is CCCNCc1cc(F)cc(-n2ccc(C(C)C)n2)c1. The molecule has 0 aliphatic carbocycles. The van der Waals surface area contributed by atoms with E-state index in [-0.39, 0.29) is 5.82 Å². The highest BCUT2D eigenvalue weighted by atomic mass is 19.1. The van der Waals surface area contributed by atoms with Gasteiger partial charge in [-0.15, -0.1) is 0 Å². The Hall–Kier alpha value is -1.68. The minimum absolute atomic E-state index is 0.225. The molecule has 108 valence electrons. The van der Waals surface area contributed by atoms with Gasteiger partial charge in [-0.05, 0) is 48.7 Å². The fourth-order valence-corrected chi connectivity index (χ4v) is 2.07. The zero-order valence-corrected chi connectivity index (χ0v) is 12.4. The van der Waals surface area contributed by atoms with E-state index in [2.05, 4.69) is 31.2 Å². The van der Waals surface area contributed by atoms with Gasteiger partial charge in [0, 0.05) is 12.7 Å². The molecule has 0 saturated heterocycles. The van der Waals surface area contributed by atoms with Crippen LogP contribution in [-0.4, -0.2) is 16.3 Å². The van der Waals surface area contributed by atoms with Crippen LogP contribution in [-0.2, 0) is 6.54 Å². The third kappa shape index (κ3) is 3.67. The molecule has 0 unspecified atom stereocenters. The Labute approximate surface area is 119 Å². The first-order valence-corrected chi connectivity index (χ1v) is 7.16. The number of rotatable bonds is 6. The van der Waals surface area contributed by atoms with Crippen molar-refractivity contribution in [3.05, 3.63) is 47.5 Å². The van der Waals surface area contributed by atoms with Crippen molar-refractivity contribution in [1.29, 1.82) is 0 Å². The summed E-state index contributed by atoms with van der Waals surface area (Å²) in [6.07, 6.45) is 2.95. The molecule has 0 atom stereocenters. The van der Waals surface area contributed by atoms with Crippen molar-refractivity contribution in [1.82, 2.24) is 15.1 Å². The third-order valence-electron chi connectivity index (χ3n) is 3.16. The van der Waals surface area contributed by atoms with Gasteiger partial charge in [0.25, 0.3) is 0 Å². The number of hydrogen-bond donors (Lipinski definition) is 1. The van der Waals surface area contributed by atoms with Gasteiger partial charge in [0.1, 0.15) is 5.82 Å². The molecule has 0 radical (unpaired) electrons. The lowest BCUT2D eigenvalue weighted by Crippen LogP contribution is -2.14. The van der Waals surface area contributed by atoms with Crippen LogP contribution in [0.5, 0.6) is 0 Å². The zero-order chi connectivity index (χ0) is 14.5. The van der Waals surface area contributed by atoms with Crippen LogP contribution < -0.4 is 5.32 Å². The molecular weight excluding hydrogens is 253 g/mol. The summed E-state index contributed by atoms with van der Waals surface area (Å²) < 4.78 is 15.5. The number of nitrogens with one attached hydrogen (secondary N) is 1.